The van der Waals surface area contributed by atoms with E-state index < -0.39 is 10.8 Å². The van der Waals surface area contributed by atoms with Gasteiger partial charge in [0.05, 0.1) is 23.8 Å². The average molecular weight is 394 g/mol. The number of phenolic OH excluding ortho intramolecular Hbond substituents is 1. The number of halogens is 1. The lowest BCUT2D eigenvalue weighted by Crippen LogP contribution is -2.18. The molecule has 0 heterocycles. The fourth-order valence-corrected chi connectivity index (χ4v) is 2.20. The molecule has 0 aliphatic rings. The molecule has 2 rings (SSSR count). The molecular weight excluding hydrogens is 382 g/mol. The molecule has 124 valence electrons. The molecule has 0 spiro atoms. The lowest BCUT2D eigenvalue weighted by molar-refractivity contribution is -0.384. The number of methoxy groups -OCH3 is 1. The lowest BCUT2D eigenvalue weighted by atomic mass is 10.2. The number of non-ortho nitro benzene ring substituents is 1. The van der Waals surface area contributed by atoms with Crippen LogP contribution in [-0.4, -0.2) is 29.3 Å². The minimum Gasteiger partial charge on any atom is -0.507 e. The summed E-state index contributed by atoms with van der Waals surface area (Å²) in [5.41, 5.74) is 2.43. The number of amides is 1. The molecule has 0 saturated heterocycles. The Hall–Kier alpha value is -2.94. The molecule has 0 bridgehead atoms. The van der Waals surface area contributed by atoms with Crippen molar-refractivity contribution in [3.63, 3.8) is 0 Å². The van der Waals surface area contributed by atoms with E-state index >= 15 is 0 Å². The van der Waals surface area contributed by atoms with Crippen LogP contribution in [0.2, 0.25) is 0 Å². The van der Waals surface area contributed by atoms with Gasteiger partial charge in [0.2, 0.25) is 0 Å². The summed E-state index contributed by atoms with van der Waals surface area (Å²) in [5, 5.41) is 24.1. The van der Waals surface area contributed by atoms with Crippen LogP contribution in [0.25, 0.3) is 0 Å². The first-order valence-electron chi connectivity index (χ1n) is 6.56. The second-order valence-electron chi connectivity index (χ2n) is 4.54. The number of hydrazone groups is 1. The number of rotatable bonds is 5. The van der Waals surface area contributed by atoms with Crippen LogP contribution in [0.3, 0.4) is 0 Å². The molecule has 2 aromatic rings. The van der Waals surface area contributed by atoms with Crippen molar-refractivity contribution >= 4 is 33.7 Å². The molecule has 0 saturated carbocycles. The summed E-state index contributed by atoms with van der Waals surface area (Å²) in [6.07, 6.45) is 1.12. The quantitative estimate of drug-likeness (QED) is 0.460. The Labute approximate surface area is 145 Å². The Kier molecular flexibility index (Phi) is 5.48. The van der Waals surface area contributed by atoms with E-state index in [2.05, 4.69) is 26.5 Å². The zero-order chi connectivity index (χ0) is 17.7. The average Bonchev–Trinajstić information content (AvgIpc) is 2.56. The number of carbonyl (C=O) groups is 1. The molecular formula is C15H12BrN3O5. The SMILES string of the molecule is COc1ccc(Br)cc1C(=O)N/N=C\c1cc([N+](=O)[O-])ccc1O. The number of carbonyl (C=O) groups excluding carboxylic acids is 1. The fraction of sp³-hybridized carbons (Fsp3) is 0.0667. The topological polar surface area (TPSA) is 114 Å². The van der Waals surface area contributed by atoms with Gasteiger partial charge in [-0.05, 0) is 24.3 Å². The van der Waals surface area contributed by atoms with Crippen molar-refractivity contribution in [3.05, 3.63) is 62.1 Å². The van der Waals surface area contributed by atoms with E-state index in [9.17, 15) is 20.0 Å². The van der Waals surface area contributed by atoms with Gasteiger partial charge in [-0.15, -0.1) is 0 Å². The first-order chi connectivity index (χ1) is 11.4. The number of benzene rings is 2. The van der Waals surface area contributed by atoms with E-state index in [1.54, 1.807) is 18.2 Å². The second kappa shape index (κ2) is 7.55. The largest absolute Gasteiger partial charge is 0.507 e. The number of aromatic hydroxyl groups is 1. The number of nitro groups is 1. The van der Waals surface area contributed by atoms with E-state index in [1.165, 1.54) is 13.2 Å². The van der Waals surface area contributed by atoms with Gasteiger partial charge in [-0.1, -0.05) is 15.9 Å². The van der Waals surface area contributed by atoms with E-state index in [0.29, 0.717) is 10.2 Å². The van der Waals surface area contributed by atoms with Crippen LogP contribution in [0.4, 0.5) is 5.69 Å². The van der Waals surface area contributed by atoms with Gasteiger partial charge in [0, 0.05) is 22.2 Å². The van der Waals surface area contributed by atoms with Crippen molar-refractivity contribution < 1.29 is 19.6 Å². The van der Waals surface area contributed by atoms with Crippen LogP contribution in [0.5, 0.6) is 11.5 Å². The van der Waals surface area contributed by atoms with Crippen LogP contribution in [-0.2, 0) is 0 Å². The summed E-state index contributed by atoms with van der Waals surface area (Å²) in [5.74, 6) is -0.364. The molecule has 2 aromatic carbocycles. The minimum absolute atomic E-state index is 0.103. The molecule has 9 heteroatoms. The van der Waals surface area contributed by atoms with Crippen LogP contribution in [0.15, 0.2) is 46.0 Å². The highest BCUT2D eigenvalue weighted by Crippen LogP contribution is 2.23. The van der Waals surface area contributed by atoms with Gasteiger partial charge in [-0.25, -0.2) is 5.43 Å². The van der Waals surface area contributed by atoms with Gasteiger partial charge in [-0.3, -0.25) is 14.9 Å². The van der Waals surface area contributed by atoms with Gasteiger partial charge in [0.1, 0.15) is 11.5 Å². The zero-order valence-electron chi connectivity index (χ0n) is 12.4. The van der Waals surface area contributed by atoms with Crippen LogP contribution < -0.4 is 10.2 Å². The van der Waals surface area contributed by atoms with E-state index in [4.69, 9.17) is 4.74 Å². The highest BCUT2D eigenvalue weighted by Gasteiger charge is 2.12. The predicted octanol–water partition coefficient (Wildman–Crippen LogP) is 2.84. The van der Waals surface area contributed by atoms with Crippen molar-refractivity contribution in [2.75, 3.05) is 7.11 Å². The first kappa shape index (κ1) is 17.4. The van der Waals surface area contributed by atoms with Crippen LogP contribution in [0.1, 0.15) is 15.9 Å². The smallest absolute Gasteiger partial charge is 0.275 e. The molecule has 1 amide bonds. The monoisotopic (exact) mass is 393 g/mol. The zero-order valence-corrected chi connectivity index (χ0v) is 14.0. The molecule has 0 aliphatic carbocycles. The van der Waals surface area contributed by atoms with Gasteiger partial charge < -0.3 is 9.84 Å². The van der Waals surface area contributed by atoms with Crippen molar-refractivity contribution in [1.29, 1.82) is 0 Å². The number of hydrogen-bond acceptors (Lipinski definition) is 6. The van der Waals surface area contributed by atoms with Crippen molar-refractivity contribution in [3.8, 4) is 11.5 Å². The Morgan fingerprint density at radius 3 is 2.79 bits per heavy atom. The number of nitro benzene ring substituents is 1. The second-order valence-corrected chi connectivity index (χ2v) is 5.46. The van der Waals surface area contributed by atoms with Crippen LogP contribution >= 0.6 is 15.9 Å². The third-order valence-corrected chi connectivity index (χ3v) is 3.49. The summed E-state index contributed by atoms with van der Waals surface area (Å²) >= 11 is 3.26. The van der Waals surface area contributed by atoms with Gasteiger partial charge >= 0.3 is 0 Å². The third kappa shape index (κ3) is 4.07. The highest BCUT2D eigenvalue weighted by molar-refractivity contribution is 9.10. The maximum atomic E-state index is 12.1. The maximum absolute atomic E-state index is 12.1. The fourth-order valence-electron chi connectivity index (χ4n) is 1.84. The Balaban J connectivity index is 2.17. The molecule has 0 fully saturated rings. The van der Waals surface area contributed by atoms with Crippen LogP contribution in [0, 0.1) is 10.1 Å². The number of hydrogen-bond donors (Lipinski definition) is 2. The standard InChI is InChI=1S/C15H12BrN3O5/c1-24-14-5-2-10(16)7-12(14)15(21)18-17-8-9-6-11(19(22)23)3-4-13(9)20/h2-8,20H,1H3,(H,18,21)/b17-8-. The van der Waals surface area contributed by atoms with Gasteiger partial charge in [-0.2, -0.15) is 5.10 Å². The van der Waals surface area contributed by atoms with Gasteiger partial charge in [0.15, 0.2) is 0 Å². The molecule has 0 aliphatic heterocycles. The molecule has 24 heavy (non-hydrogen) atoms. The lowest BCUT2D eigenvalue weighted by Gasteiger charge is -2.07. The summed E-state index contributed by atoms with van der Waals surface area (Å²) in [7, 11) is 1.43. The number of nitrogens with one attached hydrogen (secondary N) is 1. The third-order valence-electron chi connectivity index (χ3n) is 3.00. The Morgan fingerprint density at radius 1 is 1.38 bits per heavy atom. The van der Waals surface area contributed by atoms with Gasteiger partial charge in [0.25, 0.3) is 11.6 Å². The summed E-state index contributed by atoms with van der Waals surface area (Å²) in [4.78, 5) is 22.3. The molecule has 0 unspecified atom stereocenters. The molecule has 0 radical (unpaired) electrons. The summed E-state index contributed by atoms with van der Waals surface area (Å²) in [6.45, 7) is 0. The van der Waals surface area contributed by atoms with Crippen molar-refractivity contribution in [2.45, 2.75) is 0 Å². The normalized spacial score (nSPS) is 10.6. The summed E-state index contributed by atoms with van der Waals surface area (Å²) in [6, 6.07) is 8.39. The first-order valence-corrected chi connectivity index (χ1v) is 7.36. The van der Waals surface area contributed by atoms with E-state index in [1.807, 2.05) is 0 Å². The predicted molar refractivity (Wildman–Crippen MR) is 90.5 cm³/mol. The van der Waals surface area contributed by atoms with Crippen molar-refractivity contribution in [2.24, 2.45) is 5.10 Å². The molecule has 0 atom stereocenters. The van der Waals surface area contributed by atoms with E-state index in [0.717, 1.165) is 18.3 Å². The Bertz CT molecular complexity index is 823. The maximum Gasteiger partial charge on any atom is 0.275 e. The Morgan fingerprint density at radius 2 is 2.12 bits per heavy atom. The van der Waals surface area contributed by atoms with Crippen molar-refractivity contribution in [1.82, 2.24) is 5.43 Å². The van der Waals surface area contributed by atoms with E-state index in [-0.39, 0.29) is 22.6 Å². The summed E-state index contributed by atoms with van der Waals surface area (Å²) < 4.78 is 5.79. The highest BCUT2D eigenvalue weighted by atomic mass is 79.9. The number of phenols is 1. The molecule has 2 N–H and O–H groups in total. The number of nitrogens with zero attached hydrogens (tertiary/aromatic N) is 2. The molecule has 0 aromatic heterocycles. The minimum atomic E-state index is -0.596. The molecule has 8 nitrogen and oxygen atoms in total. The number of ether oxygens (including phenoxy) is 1.